The smallest absolute Gasteiger partial charge is 0.309 e. The number of rotatable bonds is 47. The summed E-state index contributed by atoms with van der Waals surface area (Å²) in [6.45, 7) is 16.4. The molecule has 2 aliphatic rings. The van der Waals surface area contributed by atoms with E-state index in [2.05, 4.69) is 44.2 Å². The zero-order valence-corrected chi connectivity index (χ0v) is 88.8. The molecule has 786 valence electrons. The van der Waals surface area contributed by atoms with Gasteiger partial charge in [0.1, 0.15) is 70.7 Å². The fourth-order valence-electron chi connectivity index (χ4n) is 15.7. The average molecular weight is 2120 g/mol. The summed E-state index contributed by atoms with van der Waals surface area (Å²) in [6.07, 6.45) is 20.2. The molecule has 36 heteroatoms. The maximum atomic E-state index is 13.5. The van der Waals surface area contributed by atoms with Crippen molar-refractivity contribution >= 4 is 107 Å². The number of methoxy groups -OCH3 is 4. The zero-order valence-electron chi connectivity index (χ0n) is 85.5. The Morgan fingerprint density at radius 2 is 0.660 bits per heavy atom. The Morgan fingerprint density at radius 3 is 0.987 bits per heavy atom. The van der Waals surface area contributed by atoms with Gasteiger partial charge in [-0.05, 0) is 61.1 Å². The summed E-state index contributed by atoms with van der Waals surface area (Å²) in [4.78, 5) is 154. The molecule has 6 aromatic carbocycles. The number of hydrogen-bond acceptors (Lipinski definition) is 33. The van der Waals surface area contributed by atoms with Crippen molar-refractivity contribution in [2.24, 2.45) is 23.7 Å². The second-order valence-electron chi connectivity index (χ2n) is 34.8. The van der Waals surface area contributed by atoms with E-state index in [1.807, 2.05) is 116 Å². The van der Waals surface area contributed by atoms with Crippen LogP contribution in [0.5, 0.6) is 46.0 Å². The van der Waals surface area contributed by atoms with Gasteiger partial charge in [0.2, 0.25) is 17.2 Å². The van der Waals surface area contributed by atoms with Crippen molar-refractivity contribution in [3.63, 3.8) is 0 Å². The van der Waals surface area contributed by atoms with Crippen LogP contribution >= 0.6 is 11.8 Å². The molecule has 12 rings (SSSR count). The molecule has 4 aromatic heterocycles. The third-order valence-electron chi connectivity index (χ3n) is 22.9. The largest absolute Gasteiger partial charge is 0.503 e. The summed E-state index contributed by atoms with van der Waals surface area (Å²) in [6, 6.07) is 61.6. The van der Waals surface area contributed by atoms with E-state index in [1.54, 1.807) is 142 Å². The summed E-state index contributed by atoms with van der Waals surface area (Å²) >= 11 is 1.70. The lowest BCUT2D eigenvalue weighted by Crippen LogP contribution is -2.32. The number of ether oxygens (including phenoxy) is 11. The van der Waals surface area contributed by atoms with Crippen LogP contribution < -0.4 is 33.2 Å². The first-order chi connectivity index (χ1) is 71.7. The molecular formula is C114H120N4O28S4+2. The topological polar surface area (TPSA) is 446 Å². The van der Waals surface area contributed by atoms with Crippen LogP contribution in [0.1, 0.15) is 198 Å². The Balaban J connectivity index is 0.000000222. The van der Waals surface area contributed by atoms with Gasteiger partial charge in [-0.1, -0.05) is 210 Å². The molecule has 0 saturated carbocycles. The van der Waals surface area contributed by atoms with Gasteiger partial charge in [0.25, 0.3) is 0 Å². The normalized spacial score (nSPS) is 14.3. The van der Waals surface area contributed by atoms with E-state index in [1.165, 1.54) is 132 Å². The first-order valence-corrected chi connectivity index (χ1v) is 53.4. The maximum Gasteiger partial charge on any atom is 0.309 e. The minimum absolute atomic E-state index is 0.0575. The number of carbonyl (C=O) groups excluding carboxylic acids is 11. The number of Topliss-reactive ketones (excluding diaryl/α,β-unsaturated/α-hetero) is 4. The Kier molecular flexibility index (Phi) is 45.9. The van der Waals surface area contributed by atoms with E-state index in [4.69, 9.17) is 52.1 Å². The second kappa shape index (κ2) is 58.3. The van der Waals surface area contributed by atoms with Crippen LogP contribution in [0.25, 0.3) is 0 Å². The minimum atomic E-state index is -3.83. The molecule has 0 spiro atoms. The highest BCUT2D eigenvalue weighted by Gasteiger charge is 2.42. The summed E-state index contributed by atoms with van der Waals surface area (Å²) in [5.74, 6) is -9.57. The van der Waals surface area contributed by atoms with Gasteiger partial charge in [0.05, 0.1) is 85.9 Å². The van der Waals surface area contributed by atoms with E-state index in [-0.39, 0.29) is 105 Å². The summed E-state index contributed by atoms with van der Waals surface area (Å²) in [5, 5.41) is 7.25. The van der Waals surface area contributed by atoms with E-state index in [0.717, 1.165) is 22.4 Å². The number of esters is 7. The molecule has 32 nitrogen and oxygen atoms in total. The van der Waals surface area contributed by atoms with Gasteiger partial charge in [0.15, 0.2) is 94.3 Å². The fourth-order valence-corrected chi connectivity index (χ4v) is 22.7. The molecular weight excluding hydrogens is 2000 g/mol. The molecule has 1 unspecified atom stereocenters. The quantitative estimate of drug-likeness (QED) is 0.0160. The molecule has 4 heterocycles. The zero-order chi connectivity index (χ0) is 109. The summed E-state index contributed by atoms with van der Waals surface area (Å²) < 4.78 is 126. The highest BCUT2D eigenvalue weighted by molar-refractivity contribution is 7.98. The molecule has 0 fully saturated rings. The standard InChI is InChI=1S/C29H30NO8S.C29H31NO7S.C29H31NO6S.C27H27NO7S/c1-19(17-24(32)26-27(38-21(3)31)25(36-4)15-16-30-26)29(33)37-20(2)28(23-13-9-6-10-14-23)39(34,35)18-22-11-7-5-8-12-22;1-19(17-24(32)26-27(37-21(3)31)25(35-4)15-16-30-26)29(33)36-20(2)28(23-13-9-6-10-14-23)38(34)18-22-11-7-5-8-12-22;1-19(17-24(32)26-27(36-21(3)31)25(34-4)15-16-30-26)29(33)35-20(2)28(23-13-9-6-10-14-23)37-18-22-11-7-5-8-12-22;1-18(16-22(29)24-25(30)23(34-3)14-15-28-24)27(31)35-19(2)26(21-12-8-5-9-13-21)36(32,33)17-20-10-6-4-7-11-20/h5-7,9-16,19-20,28H,17-18H2,1-4H3;5-16,19-20,28H,17-18H2,1-4H3;5-16,19-20,28H,17-18H2,1-4H3;4-6,8-15,18-19,26H,16-17H2,1-3H3/q+1;;;/p+1/t19-,20+,28+;19-,20+,28+,38?;19-,20+,28+;18-,19+,26+/m1111/s1. The SMILES string of the molecule is COc1ccnc(C(=O)C[C@@H](C)C(=O)O[C@@H](C)[C@@H](c2ccccc2)S(=O)(=O)CC2=CC=C[C+]=C2)c1O.COc1ccnc(C(=O)C[C@@H](C)C(=O)O[C@@H](C)[C@@H](c2ccccc2)S(=O)(=O)CC2=CC=C[C+]=C2)c1OC(C)=O.COc1ccnc(C(=O)C[C@@H](C)C(=O)O[C@@H](C)[C@@H](c2ccccc2)S(=O)Cc2ccccc2)c1OC(C)=O.COc1ccnc(C(=O)C[C@@H](C)C(=O)O[C@@H](C)[C@H](SCc2ccccc2)c2ccccc2)c1OC(C)=O. The van der Waals surface area contributed by atoms with Crippen LogP contribution in [0.15, 0.2) is 291 Å². The molecule has 2 aliphatic carbocycles. The number of thioether (sulfide) groups is 1. The molecule has 1 N–H and O–H groups in total. The van der Waals surface area contributed by atoms with E-state index >= 15 is 0 Å². The highest BCUT2D eigenvalue weighted by Crippen LogP contribution is 2.41. The Labute approximate surface area is 879 Å². The first-order valence-electron chi connectivity index (χ1n) is 47.6. The molecule has 13 atom stereocenters. The van der Waals surface area contributed by atoms with Gasteiger partial charge < -0.3 is 57.2 Å². The Morgan fingerprint density at radius 1 is 0.367 bits per heavy atom. The number of pyridine rings is 4. The predicted molar refractivity (Wildman–Crippen MR) is 564 cm³/mol. The Bertz CT molecular complexity index is 6810. The van der Waals surface area contributed by atoms with E-state index in [9.17, 15) is 78.9 Å². The lowest BCUT2D eigenvalue weighted by atomic mass is 10.0. The van der Waals surface area contributed by atoms with Crippen LogP contribution in [-0.4, -0.2) is 175 Å². The van der Waals surface area contributed by atoms with Crippen molar-refractivity contribution in [3.8, 4) is 46.0 Å². The Hall–Kier alpha value is -15.5. The molecule has 0 amide bonds. The van der Waals surface area contributed by atoms with Crippen LogP contribution in [0, 0.1) is 35.8 Å². The number of hydrogen-bond donors (Lipinski definition) is 1. The number of allylic oxidation sites excluding steroid dienone is 10. The minimum Gasteiger partial charge on any atom is -0.503 e. The van der Waals surface area contributed by atoms with Crippen LogP contribution in [-0.2, 0) is 94.5 Å². The summed E-state index contributed by atoms with van der Waals surface area (Å²) in [5.41, 5.74) is 5.48. The molecule has 0 aliphatic heterocycles. The van der Waals surface area contributed by atoms with Gasteiger partial charge in [-0.2, -0.15) is 0 Å². The van der Waals surface area contributed by atoms with Gasteiger partial charge in [-0.3, -0.25) is 56.9 Å². The van der Waals surface area contributed by atoms with Gasteiger partial charge in [0, 0.05) is 142 Å². The lowest BCUT2D eigenvalue weighted by molar-refractivity contribution is -0.153. The van der Waals surface area contributed by atoms with Crippen molar-refractivity contribution in [2.45, 2.75) is 159 Å². The number of aromatic nitrogens is 4. The van der Waals surface area contributed by atoms with Crippen molar-refractivity contribution in [1.29, 1.82) is 0 Å². The average Bonchev–Trinajstić information content (AvgIpc) is 0.799. The number of benzene rings is 6. The van der Waals surface area contributed by atoms with Crippen molar-refractivity contribution in [3.05, 3.63) is 359 Å². The van der Waals surface area contributed by atoms with Gasteiger partial charge >= 0.3 is 41.8 Å². The molecule has 10 aromatic rings. The van der Waals surface area contributed by atoms with Crippen LogP contribution in [0.4, 0.5) is 0 Å². The number of nitrogens with zero attached hydrogens (tertiary/aromatic N) is 4. The van der Waals surface area contributed by atoms with Gasteiger partial charge in [-0.15, -0.1) is 11.8 Å². The predicted octanol–water partition coefficient (Wildman–Crippen LogP) is 18.8. The monoisotopic (exact) mass is 2120 g/mol. The molecule has 150 heavy (non-hydrogen) atoms. The maximum absolute atomic E-state index is 13.5. The summed E-state index contributed by atoms with van der Waals surface area (Å²) in [7, 11) is -3.54. The molecule has 0 saturated heterocycles. The van der Waals surface area contributed by atoms with Crippen LogP contribution in [0.2, 0.25) is 0 Å². The van der Waals surface area contributed by atoms with Crippen molar-refractivity contribution in [1.82, 2.24) is 19.9 Å². The lowest BCUT2D eigenvalue weighted by Gasteiger charge is -2.25. The molecule has 0 radical (unpaired) electrons. The first kappa shape index (κ1) is 118. The third-order valence-corrected chi connectivity index (χ3v) is 30.6. The van der Waals surface area contributed by atoms with E-state index < -0.39 is 165 Å². The number of sulfone groups is 2. The highest BCUT2D eigenvalue weighted by atomic mass is 32.2. The molecule has 0 bridgehead atoms. The van der Waals surface area contributed by atoms with Crippen molar-refractivity contribution < 1.29 is 131 Å². The fraction of sp³-hybridized carbons (Fsp3) is 0.307. The van der Waals surface area contributed by atoms with E-state index in [0.29, 0.717) is 28.0 Å². The van der Waals surface area contributed by atoms with Crippen molar-refractivity contribution in [2.75, 3.05) is 39.9 Å². The number of carbonyl (C=O) groups is 11. The number of ketones is 4. The van der Waals surface area contributed by atoms with Gasteiger partial charge in [-0.25, -0.2) is 36.8 Å². The second-order valence-corrected chi connectivity index (χ2v) is 41.7. The third kappa shape index (κ3) is 35.1. The number of aromatic hydroxyl groups is 1. The van der Waals surface area contributed by atoms with Crippen LogP contribution in [0.3, 0.4) is 0 Å².